The lowest BCUT2D eigenvalue weighted by molar-refractivity contribution is -0.123. The maximum atomic E-state index is 12.0. The predicted octanol–water partition coefficient (Wildman–Crippen LogP) is 1.57. The number of amides is 2. The van der Waals surface area contributed by atoms with Crippen molar-refractivity contribution in [2.75, 3.05) is 27.2 Å². The molecular formula is C18H23N3O3S. The first kappa shape index (κ1) is 19.0. The number of hydrogen-bond donors (Lipinski definition) is 2. The normalized spacial score (nSPS) is 12.0. The number of thiophene rings is 1. The van der Waals surface area contributed by atoms with Gasteiger partial charge >= 0.3 is 0 Å². The lowest BCUT2D eigenvalue weighted by Gasteiger charge is -2.24. The lowest BCUT2D eigenvalue weighted by Crippen LogP contribution is -2.36. The predicted molar refractivity (Wildman–Crippen MR) is 98.6 cm³/mol. The maximum Gasteiger partial charge on any atom is 0.258 e. The molecule has 0 radical (unpaired) electrons. The van der Waals surface area contributed by atoms with Gasteiger partial charge in [0.15, 0.2) is 6.61 Å². The van der Waals surface area contributed by atoms with Crippen LogP contribution in [0.3, 0.4) is 0 Å². The quantitative estimate of drug-likeness (QED) is 0.710. The second-order valence-corrected chi connectivity index (χ2v) is 6.70. The largest absolute Gasteiger partial charge is 0.484 e. The number of ether oxygens (including phenoxy) is 1. The highest BCUT2D eigenvalue weighted by atomic mass is 32.1. The molecule has 1 aromatic heterocycles. The van der Waals surface area contributed by atoms with Crippen molar-refractivity contribution in [2.24, 2.45) is 5.73 Å². The monoisotopic (exact) mass is 361 g/mol. The molecule has 2 amide bonds. The van der Waals surface area contributed by atoms with E-state index in [-0.39, 0.29) is 30.9 Å². The highest BCUT2D eigenvalue weighted by molar-refractivity contribution is 7.07. The molecule has 0 aliphatic carbocycles. The van der Waals surface area contributed by atoms with Crippen molar-refractivity contribution in [3.63, 3.8) is 0 Å². The molecule has 0 bridgehead atoms. The lowest BCUT2D eigenvalue weighted by atomic mass is 10.1. The minimum absolute atomic E-state index is 0.0566. The fourth-order valence-corrected chi connectivity index (χ4v) is 3.09. The molecule has 0 aliphatic heterocycles. The van der Waals surface area contributed by atoms with Gasteiger partial charge in [0.1, 0.15) is 5.75 Å². The van der Waals surface area contributed by atoms with Crippen LogP contribution in [0.4, 0.5) is 0 Å². The highest BCUT2D eigenvalue weighted by Crippen LogP contribution is 2.20. The van der Waals surface area contributed by atoms with Gasteiger partial charge in [0.25, 0.3) is 5.91 Å². The van der Waals surface area contributed by atoms with Crippen LogP contribution >= 0.6 is 11.3 Å². The Morgan fingerprint density at radius 1 is 1.24 bits per heavy atom. The maximum absolute atomic E-state index is 12.0. The number of nitrogens with zero attached hydrogens (tertiary/aromatic N) is 1. The smallest absolute Gasteiger partial charge is 0.258 e. The number of carbonyl (C=O) groups excluding carboxylic acids is 2. The molecule has 0 aliphatic rings. The van der Waals surface area contributed by atoms with Gasteiger partial charge in [0, 0.05) is 6.54 Å². The first-order valence-corrected chi connectivity index (χ1v) is 8.85. The second-order valence-electron chi connectivity index (χ2n) is 5.92. The number of nitrogens with two attached hydrogens (primary N) is 1. The fourth-order valence-electron chi connectivity index (χ4n) is 2.38. The van der Waals surface area contributed by atoms with E-state index in [4.69, 9.17) is 10.5 Å². The summed E-state index contributed by atoms with van der Waals surface area (Å²) in [5.74, 6) is 0.0165. The SMILES string of the molecule is CN(C)C(CNC(=O)COc1ccc(CC(N)=O)cc1)c1ccsc1. The Hall–Kier alpha value is -2.38. The Labute approximate surface area is 151 Å². The van der Waals surface area contributed by atoms with Crippen LogP contribution in [0.5, 0.6) is 5.75 Å². The summed E-state index contributed by atoms with van der Waals surface area (Å²) in [5, 5.41) is 7.01. The molecule has 0 fully saturated rings. The summed E-state index contributed by atoms with van der Waals surface area (Å²) in [4.78, 5) is 24.9. The molecule has 134 valence electrons. The molecule has 0 saturated carbocycles. The Bertz CT molecular complexity index is 684. The van der Waals surface area contributed by atoms with Crippen molar-refractivity contribution >= 4 is 23.2 Å². The van der Waals surface area contributed by atoms with Gasteiger partial charge in [0.2, 0.25) is 5.91 Å². The minimum atomic E-state index is -0.380. The molecule has 1 atom stereocenters. The van der Waals surface area contributed by atoms with Gasteiger partial charge in [-0.25, -0.2) is 0 Å². The van der Waals surface area contributed by atoms with E-state index in [0.717, 1.165) is 5.56 Å². The summed E-state index contributed by atoms with van der Waals surface area (Å²) in [7, 11) is 3.97. The van der Waals surface area contributed by atoms with Crippen molar-refractivity contribution in [1.29, 1.82) is 0 Å². The van der Waals surface area contributed by atoms with Crippen LogP contribution in [-0.2, 0) is 16.0 Å². The van der Waals surface area contributed by atoms with Crippen molar-refractivity contribution in [3.8, 4) is 5.75 Å². The summed E-state index contributed by atoms with van der Waals surface area (Å²) >= 11 is 1.64. The Morgan fingerprint density at radius 3 is 2.52 bits per heavy atom. The summed E-state index contributed by atoms with van der Waals surface area (Å²) < 4.78 is 5.47. The molecule has 7 heteroatoms. The van der Waals surface area contributed by atoms with Crippen LogP contribution in [0, 0.1) is 0 Å². The molecular weight excluding hydrogens is 338 g/mol. The summed E-state index contributed by atoms with van der Waals surface area (Å²) in [6.45, 7) is 0.461. The van der Waals surface area contributed by atoms with Crippen LogP contribution < -0.4 is 15.8 Å². The number of carbonyl (C=O) groups is 2. The van der Waals surface area contributed by atoms with Crippen molar-refractivity contribution in [2.45, 2.75) is 12.5 Å². The molecule has 1 unspecified atom stereocenters. The van der Waals surface area contributed by atoms with Gasteiger partial charge in [-0.2, -0.15) is 11.3 Å². The fraction of sp³-hybridized carbons (Fsp3) is 0.333. The number of nitrogens with one attached hydrogen (secondary N) is 1. The molecule has 2 aromatic rings. The number of hydrogen-bond acceptors (Lipinski definition) is 5. The van der Waals surface area contributed by atoms with Crippen molar-refractivity contribution < 1.29 is 14.3 Å². The molecule has 1 heterocycles. The van der Waals surface area contributed by atoms with Crippen molar-refractivity contribution in [3.05, 3.63) is 52.2 Å². The standard InChI is InChI=1S/C18H23N3O3S/c1-21(2)16(14-7-8-25-12-14)10-20-18(23)11-24-15-5-3-13(4-6-15)9-17(19)22/h3-8,12,16H,9-11H2,1-2H3,(H2,19,22)(H,20,23). The van der Waals surface area contributed by atoms with Crippen LogP contribution in [0.15, 0.2) is 41.1 Å². The summed E-state index contributed by atoms with van der Waals surface area (Å²) in [6.07, 6.45) is 0.190. The molecule has 3 N–H and O–H groups in total. The van der Waals surface area contributed by atoms with E-state index >= 15 is 0 Å². The highest BCUT2D eigenvalue weighted by Gasteiger charge is 2.15. The van der Waals surface area contributed by atoms with E-state index < -0.39 is 0 Å². The molecule has 1 aromatic carbocycles. The third-order valence-electron chi connectivity index (χ3n) is 3.72. The zero-order valence-electron chi connectivity index (χ0n) is 14.4. The zero-order chi connectivity index (χ0) is 18.2. The first-order valence-electron chi connectivity index (χ1n) is 7.91. The Morgan fingerprint density at radius 2 is 1.96 bits per heavy atom. The van der Waals surface area contributed by atoms with Gasteiger partial charge in [-0.3, -0.25) is 9.59 Å². The van der Waals surface area contributed by atoms with Gasteiger partial charge in [0.05, 0.1) is 12.5 Å². The molecule has 0 saturated heterocycles. The number of benzene rings is 1. The average molecular weight is 361 g/mol. The van der Waals surface area contributed by atoms with Crippen LogP contribution in [0.25, 0.3) is 0 Å². The van der Waals surface area contributed by atoms with Gasteiger partial charge in [-0.1, -0.05) is 12.1 Å². The number of rotatable bonds is 9. The van der Waals surface area contributed by atoms with E-state index in [1.165, 1.54) is 5.56 Å². The van der Waals surface area contributed by atoms with Gasteiger partial charge in [-0.05, 0) is 54.2 Å². The first-order chi connectivity index (χ1) is 12.0. The van der Waals surface area contributed by atoms with Crippen LogP contribution in [0.1, 0.15) is 17.2 Å². The average Bonchev–Trinajstić information content (AvgIpc) is 3.08. The molecule has 6 nitrogen and oxygen atoms in total. The van der Waals surface area contributed by atoms with E-state index in [1.54, 1.807) is 35.6 Å². The Kier molecular flexibility index (Phi) is 6.97. The summed E-state index contributed by atoms with van der Waals surface area (Å²) in [5.41, 5.74) is 7.14. The molecule has 2 rings (SSSR count). The van der Waals surface area contributed by atoms with E-state index in [0.29, 0.717) is 12.3 Å². The van der Waals surface area contributed by atoms with Crippen LogP contribution in [-0.4, -0.2) is 44.0 Å². The van der Waals surface area contributed by atoms with Gasteiger partial charge in [-0.15, -0.1) is 0 Å². The number of likely N-dealkylation sites (N-methyl/N-ethyl adjacent to an activating group) is 1. The van der Waals surface area contributed by atoms with Crippen LogP contribution in [0.2, 0.25) is 0 Å². The van der Waals surface area contributed by atoms with Gasteiger partial charge < -0.3 is 20.7 Å². The Balaban J connectivity index is 1.79. The molecule has 0 spiro atoms. The third-order valence-corrected chi connectivity index (χ3v) is 4.42. The summed E-state index contributed by atoms with van der Waals surface area (Å²) in [6, 6.07) is 9.15. The van der Waals surface area contributed by atoms with E-state index in [1.807, 2.05) is 19.5 Å². The second kappa shape index (κ2) is 9.19. The molecule has 25 heavy (non-hydrogen) atoms. The van der Waals surface area contributed by atoms with Crippen molar-refractivity contribution in [1.82, 2.24) is 10.2 Å². The topological polar surface area (TPSA) is 84.7 Å². The van der Waals surface area contributed by atoms with E-state index in [2.05, 4.69) is 21.7 Å². The number of primary amides is 1. The van der Waals surface area contributed by atoms with E-state index in [9.17, 15) is 9.59 Å². The minimum Gasteiger partial charge on any atom is -0.484 e. The third kappa shape index (κ3) is 6.21. The zero-order valence-corrected chi connectivity index (χ0v) is 15.2.